The lowest BCUT2D eigenvalue weighted by molar-refractivity contribution is 0.249. The Hall–Kier alpha value is -2.79. The second-order valence-electron chi connectivity index (χ2n) is 5.81. The Labute approximate surface area is 161 Å². The molecule has 26 heavy (non-hydrogen) atoms. The number of ether oxygens (including phenoxy) is 1. The number of amides is 2. The highest BCUT2D eigenvalue weighted by molar-refractivity contribution is 9.10. The fourth-order valence-electron chi connectivity index (χ4n) is 2.43. The molecule has 3 rings (SSSR count). The molecular weight excluding hydrogens is 392 g/mol. The van der Waals surface area contributed by atoms with E-state index >= 15 is 0 Å². The normalized spacial score (nSPS) is 11.5. The zero-order chi connectivity index (χ0) is 18.4. The predicted molar refractivity (Wildman–Crippen MR) is 108 cm³/mol. The van der Waals surface area contributed by atoms with Gasteiger partial charge in [0.25, 0.3) is 0 Å². The van der Waals surface area contributed by atoms with Gasteiger partial charge in [0.2, 0.25) is 0 Å². The van der Waals surface area contributed by atoms with Gasteiger partial charge in [-0.15, -0.1) is 0 Å². The number of nitrogens with one attached hydrogen (secondary N) is 2. The van der Waals surface area contributed by atoms with Gasteiger partial charge in [-0.1, -0.05) is 46.3 Å². The summed E-state index contributed by atoms with van der Waals surface area (Å²) in [7, 11) is 0. The molecule has 132 valence electrons. The molecule has 0 saturated heterocycles. The molecule has 0 aromatic heterocycles. The summed E-state index contributed by atoms with van der Waals surface area (Å²) in [6, 6.07) is 24.3. The Morgan fingerprint density at radius 3 is 2.15 bits per heavy atom. The molecule has 4 nitrogen and oxygen atoms in total. The number of para-hydroxylation sites is 1. The Bertz CT molecular complexity index is 849. The first-order valence-corrected chi connectivity index (χ1v) is 9.05. The van der Waals surface area contributed by atoms with Gasteiger partial charge in [0.15, 0.2) is 0 Å². The minimum atomic E-state index is -0.253. The van der Waals surface area contributed by atoms with Crippen molar-refractivity contribution in [3.8, 4) is 11.5 Å². The third-order valence-electron chi connectivity index (χ3n) is 3.81. The number of anilines is 1. The second kappa shape index (κ2) is 8.54. The summed E-state index contributed by atoms with van der Waals surface area (Å²) in [5, 5.41) is 5.75. The zero-order valence-corrected chi connectivity index (χ0v) is 15.9. The van der Waals surface area contributed by atoms with Crippen LogP contribution in [0.5, 0.6) is 11.5 Å². The van der Waals surface area contributed by atoms with Gasteiger partial charge in [-0.3, -0.25) is 0 Å². The number of hydrogen-bond acceptors (Lipinski definition) is 2. The van der Waals surface area contributed by atoms with Gasteiger partial charge in [0, 0.05) is 10.2 Å². The fraction of sp³-hybridized carbons (Fsp3) is 0.0952. The van der Waals surface area contributed by atoms with Gasteiger partial charge >= 0.3 is 6.03 Å². The molecule has 0 radical (unpaired) electrons. The summed E-state index contributed by atoms with van der Waals surface area (Å²) < 4.78 is 6.75. The lowest BCUT2D eigenvalue weighted by Crippen LogP contribution is -2.31. The van der Waals surface area contributed by atoms with Crippen molar-refractivity contribution >= 4 is 27.6 Å². The topological polar surface area (TPSA) is 50.4 Å². The van der Waals surface area contributed by atoms with Crippen LogP contribution < -0.4 is 15.4 Å². The van der Waals surface area contributed by atoms with Crippen LogP contribution in [-0.2, 0) is 0 Å². The molecule has 0 aliphatic rings. The van der Waals surface area contributed by atoms with E-state index in [4.69, 9.17) is 4.74 Å². The first kappa shape index (κ1) is 18.0. The van der Waals surface area contributed by atoms with Gasteiger partial charge in [0.1, 0.15) is 11.5 Å². The molecule has 0 aliphatic heterocycles. The summed E-state index contributed by atoms with van der Waals surface area (Å²) in [4.78, 5) is 12.2. The van der Waals surface area contributed by atoms with Crippen LogP contribution in [0, 0.1) is 0 Å². The van der Waals surface area contributed by atoms with Crippen LogP contribution >= 0.6 is 15.9 Å². The maximum absolute atomic E-state index is 12.2. The van der Waals surface area contributed by atoms with Crippen molar-refractivity contribution < 1.29 is 9.53 Å². The summed E-state index contributed by atoms with van der Waals surface area (Å²) >= 11 is 3.41. The summed E-state index contributed by atoms with van der Waals surface area (Å²) in [6.07, 6.45) is 0. The first-order valence-electron chi connectivity index (χ1n) is 8.26. The van der Waals surface area contributed by atoms with Crippen molar-refractivity contribution in [2.24, 2.45) is 0 Å². The van der Waals surface area contributed by atoms with Gasteiger partial charge < -0.3 is 15.4 Å². The van der Waals surface area contributed by atoms with Crippen LogP contribution in [0.25, 0.3) is 0 Å². The van der Waals surface area contributed by atoms with Crippen LogP contribution in [0.15, 0.2) is 83.3 Å². The number of rotatable bonds is 5. The average Bonchev–Trinajstić information content (AvgIpc) is 2.64. The average molecular weight is 411 g/mol. The van der Waals surface area contributed by atoms with E-state index in [9.17, 15) is 4.79 Å². The van der Waals surface area contributed by atoms with E-state index in [0.717, 1.165) is 15.8 Å². The van der Waals surface area contributed by atoms with Crippen molar-refractivity contribution in [2.75, 3.05) is 5.32 Å². The van der Waals surface area contributed by atoms with Crippen molar-refractivity contribution in [3.05, 3.63) is 88.9 Å². The standard InChI is InChI=1S/C21H19BrN2O2/c1-15(16-7-9-17(22)10-8-16)23-21(25)24-18-11-13-20(14-12-18)26-19-5-3-2-4-6-19/h2-15H,1H3,(H2,23,24,25). The monoisotopic (exact) mass is 410 g/mol. The van der Waals surface area contributed by atoms with E-state index in [1.807, 2.05) is 85.8 Å². The zero-order valence-electron chi connectivity index (χ0n) is 14.3. The Morgan fingerprint density at radius 1 is 0.885 bits per heavy atom. The number of hydrogen-bond donors (Lipinski definition) is 2. The molecule has 0 saturated carbocycles. The summed E-state index contributed by atoms with van der Waals surface area (Å²) in [5.74, 6) is 1.49. The minimum Gasteiger partial charge on any atom is -0.457 e. The molecule has 0 fully saturated rings. The molecule has 0 heterocycles. The van der Waals surface area contributed by atoms with Crippen LogP contribution in [0.2, 0.25) is 0 Å². The molecule has 1 atom stereocenters. The molecular formula is C21H19BrN2O2. The van der Waals surface area contributed by atoms with Gasteiger partial charge in [-0.2, -0.15) is 0 Å². The quantitative estimate of drug-likeness (QED) is 0.531. The Morgan fingerprint density at radius 2 is 1.50 bits per heavy atom. The van der Waals surface area contributed by atoms with Crippen LogP contribution in [-0.4, -0.2) is 6.03 Å². The van der Waals surface area contributed by atoms with E-state index in [2.05, 4.69) is 26.6 Å². The van der Waals surface area contributed by atoms with Gasteiger partial charge in [0.05, 0.1) is 6.04 Å². The highest BCUT2D eigenvalue weighted by atomic mass is 79.9. The molecule has 5 heteroatoms. The van der Waals surface area contributed by atoms with Crippen molar-refractivity contribution in [3.63, 3.8) is 0 Å². The maximum Gasteiger partial charge on any atom is 0.319 e. The van der Waals surface area contributed by atoms with E-state index in [0.29, 0.717) is 11.4 Å². The van der Waals surface area contributed by atoms with Crippen molar-refractivity contribution in [2.45, 2.75) is 13.0 Å². The maximum atomic E-state index is 12.2. The number of carbonyl (C=O) groups is 1. The predicted octanol–water partition coefficient (Wildman–Crippen LogP) is 6.12. The smallest absolute Gasteiger partial charge is 0.319 e. The second-order valence-corrected chi connectivity index (χ2v) is 6.73. The number of urea groups is 1. The number of halogens is 1. The third kappa shape index (κ3) is 5.10. The lowest BCUT2D eigenvalue weighted by Gasteiger charge is -2.15. The largest absolute Gasteiger partial charge is 0.457 e. The van der Waals surface area contributed by atoms with E-state index < -0.39 is 0 Å². The molecule has 0 aliphatic carbocycles. The van der Waals surface area contributed by atoms with Crippen molar-refractivity contribution in [1.82, 2.24) is 5.32 Å². The number of benzene rings is 3. The fourth-order valence-corrected chi connectivity index (χ4v) is 2.69. The molecule has 0 bridgehead atoms. The van der Waals surface area contributed by atoms with Crippen LogP contribution in [0.1, 0.15) is 18.5 Å². The van der Waals surface area contributed by atoms with E-state index in [1.54, 1.807) is 0 Å². The lowest BCUT2D eigenvalue weighted by atomic mass is 10.1. The Kier molecular flexibility index (Phi) is 5.92. The highest BCUT2D eigenvalue weighted by Gasteiger charge is 2.09. The summed E-state index contributed by atoms with van der Waals surface area (Å²) in [5.41, 5.74) is 1.74. The molecule has 0 spiro atoms. The first-order chi connectivity index (χ1) is 12.6. The molecule has 1 unspecified atom stereocenters. The van der Waals surface area contributed by atoms with Gasteiger partial charge in [-0.05, 0) is 61.0 Å². The van der Waals surface area contributed by atoms with Crippen LogP contribution in [0.4, 0.5) is 10.5 Å². The molecule has 3 aromatic carbocycles. The molecule has 2 N–H and O–H groups in total. The summed E-state index contributed by atoms with van der Waals surface area (Å²) in [6.45, 7) is 1.94. The van der Waals surface area contributed by atoms with Crippen LogP contribution in [0.3, 0.4) is 0 Å². The van der Waals surface area contributed by atoms with E-state index in [-0.39, 0.29) is 12.1 Å². The SMILES string of the molecule is CC(NC(=O)Nc1ccc(Oc2ccccc2)cc1)c1ccc(Br)cc1. The van der Waals surface area contributed by atoms with Gasteiger partial charge in [-0.25, -0.2) is 4.79 Å². The van der Waals surface area contributed by atoms with Crippen molar-refractivity contribution in [1.29, 1.82) is 0 Å². The third-order valence-corrected chi connectivity index (χ3v) is 4.34. The minimum absolute atomic E-state index is 0.0937. The number of carbonyl (C=O) groups excluding carboxylic acids is 1. The highest BCUT2D eigenvalue weighted by Crippen LogP contribution is 2.23. The molecule has 3 aromatic rings. The van der Waals surface area contributed by atoms with E-state index in [1.165, 1.54) is 0 Å². The molecule has 2 amide bonds. The Balaban J connectivity index is 1.55.